The fraction of sp³-hybridized carbons (Fsp3) is 0.250. The summed E-state index contributed by atoms with van der Waals surface area (Å²) in [5, 5.41) is 3.82. The first-order chi connectivity index (χ1) is 15.4. The Morgan fingerprint density at radius 2 is 1.41 bits per heavy atom. The monoisotopic (exact) mass is 486 g/mol. The zero-order chi connectivity index (χ0) is 22.3. The lowest BCUT2D eigenvalue weighted by Crippen LogP contribution is -2.62. The largest absolute Gasteiger partial charge is 0.318 e. The van der Waals surface area contributed by atoms with Crippen molar-refractivity contribution >= 4 is 27.4 Å². The third-order valence-electron chi connectivity index (χ3n) is 6.56. The molecule has 0 saturated carbocycles. The number of carbonyl (C=O) groups excluding carboxylic acids is 1. The van der Waals surface area contributed by atoms with Crippen LogP contribution >= 0.6 is 15.9 Å². The summed E-state index contributed by atoms with van der Waals surface area (Å²) in [5.74, 6) is 0.252. The fourth-order valence-corrected chi connectivity index (χ4v) is 5.43. The highest BCUT2D eigenvalue weighted by Crippen LogP contribution is 2.48. The fourth-order valence-electron chi connectivity index (χ4n) is 5.16. The molecule has 3 aromatic carbocycles. The predicted octanol–water partition coefficient (Wildman–Crippen LogP) is 6.40. The predicted molar refractivity (Wildman–Crippen MR) is 133 cm³/mol. The molecule has 0 saturated heterocycles. The average Bonchev–Trinajstić information content (AvgIpc) is 2.79. The van der Waals surface area contributed by atoms with Crippen molar-refractivity contribution in [2.45, 2.75) is 32.4 Å². The minimum Gasteiger partial charge on any atom is -0.318 e. The number of Topliss-reactive ketones (excluding diaryl/α,β-unsaturated/α-hetero) is 1. The Balaban J connectivity index is 1.83. The number of carbonyl (C=O) groups is 1. The summed E-state index contributed by atoms with van der Waals surface area (Å²) < 4.78 is 1.04. The van der Waals surface area contributed by atoms with Crippen molar-refractivity contribution in [3.63, 3.8) is 0 Å². The van der Waals surface area contributed by atoms with Gasteiger partial charge in [-0.1, -0.05) is 90.4 Å². The van der Waals surface area contributed by atoms with Crippen molar-refractivity contribution < 1.29 is 4.79 Å². The van der Waals surface area contributed by atoms with Gasteiger partial charge in [0.25, 0.3) is 0 Å². The summed E-state index contributed by atoms with van der Waals surface area (Å²) >= 11 is 3.59. The Bertz CT molecular complexity index is 1170. The van der Waals surface area contributed by atoms with Crippen LogP contribution in [-0.2, 0) is 10.5 Å². The molecule has 0 bridgehead atoms. The Hall–Kier alpha value is -2.69. The first kappa shape index (κ1) is 21.2. The minimum absolute atomic E-state index is 0.0809. The Labute approximate surface area is 198 Å². The summed E-state index contributed by atoms with van der Waals surface area (Å²) in [4.78, 5) is 15.6. The average molecular weight is 487 g/mol. The van der Waals surface area contributed by atoms with Crippen molar-refractivity contribution in [1.82, 2.24) is 5.32 Å². The standard InChI is InChI=1S/C28H27BrN2O/c1-27(2)17-25-24(26(32)18-27)19-30-28(20-9-5-3-6-10-20,21-13-15-22(29)16-14-21)31(25)23-11-7-4-8-12-23/h3-16,30H,17-19H2,1-2H3. The maximum atomic E-state index is 13.2. The van der Waals surface area contributed by atoms with E-state index < -0.39 is 5.66 Å². The van der Waals surface area contributed by atoms with E-state index in [-0.39, 0.29) is 11.2 Å². The first-order valence-corrected chi connectivity index (χ1v) is 11.9. The lowest BCUT2D eigenvalue weighted by molar-refractivity contribution is -0.118. The molecule has 0 radical (unpaired) electrons. The maximum absolute atomic E-state index is 13.2. The van der Waals surface area contributed by atoms with E-state index in [4.69, 9.17) is 0 Å². The van der Waals surface area contributed by atoms with Gasteiger partial charge in [-0.15, -0.1) is 0 Å². The number of allylic oxidation sites excluding steroid dienone is 1. The van der Waals surface area contributed by atoms with E-state index >= 15 is 0 Å². The maximum Gasteiger partial charge on any atom is 0.162 e. The summed E-state index contributed by atoms with van der Waals surface area (Å²) in [6.45, 7) is 4.95. The number of benzene rings is 3. The third-order valence-corrected chi connectivity index (χ3v) is 7.09. The van der Waals surface area contributed by atoms with Crippen LogP contribution in [0.3, 0.4) is 0 Å². The normalized spacial score (nSPS) is 22.6. The number of halogens is 1. The Kier molecular flexibility index (Phi) is 5.31. The zero-order valence-corrected chi connectivity index (χ0v) is 20.0. The summed E-state index contributed by atoms with van der Waals surface area (Å²) in [6, 6.07) is 29.5. The molecule has 3 aromatic rings. The van der Waals surface area contributed by atoms with E-state index in [1.165, 1.54) is 0 Å². The van der Waals surface area contributed by atoms with Crippen LogP contribution in [0.4, 0.5) is 5.69 Å². The second kappa shape index (κ2) is 8.02. The third kappa shape index (κ3) is 3.52. The Morgan fingerprint density at radius 1 is 0.812 bits per heavy atom. The van der Waals surface area contributed by atoms with E-state index in [9.17, 15) is 4.79 Å². The molecule has 1 N–H and O–H groups in total. The molecule has 162 valence electrons. The van der Waals surface area contributed by atoms with Crippen LogP contribution in [0.5, 0.6) is 0 Å². The second-order valence-corrected chi connectivity index (χ2v) is 10.4. The molecule has 32 heavy (non-hydrogen) atoms. The van der Waals surface area contributed by atoms with Gasteiger partial charge in [-0.25, -0.2) is 0 Å². The number of rotatable bonds is 3. The topological polar surface area (TPSA) is 32.3 Å². The molecule has 1 atom stereocenters. The van der Waals surface area contributed by atoms with Crippen molar-refractivity contribution in [2.24, 2.45) is 5.41 Å². The highest BCUT2D eigenvalue weighted by molar-refractivity contribution is 9.10. The van der Waals surface area contributed by atoms with Crippen LogP contribution in [-0.4, -0.2) is 12.3 Å². The Morgan fingerprint density at radius 3 is 2.06 bits per heavy atom. The van der Waals surface area contributed by atoms with Gasteiger partial charge in [0.05, 0.1) is 0 Å². The van der Waals surface area contributed by atoms with E-state index in [0.717, 1.165) is 39.0 Å². The lowest BCUT2D eigenvalue weighted by atomic mass is 9.73. The van der Waals surface area contributed by atoms with Crippen LogP contribution in [0.2, 0.25) is 0 Å². The van der Waals surface area contributed by atoms with Crippen molar-refractivity contribution in [3.05, 3.63) is 112 Å². The molecule has 1 unspecified atom stereocenters. The highest BCUT2D eigenvalue weighted by Gasteiger charge is 2.49. The molecular weight excluding hydrogens is 460 g/mol. The van der Waals surface area contributed by atoms with Crippen molar-refractivity contribution in [2.75, 3.05) is 11.4 Å². The number of ketones is 1. The van der Waals surface area contributed by atoms with Crippen LogP contribution in [0.25, 0.3) is 0 Å². The summed E-state index contributed by atoms with van der Waals surface area (Å²) in [6.07, 6.45) is 1.45. The van der Waals surface area contributed by atoms with Crippen molar-refractivity contribution in [3.8, 4) is 0 Å². The minimum atomic E-state index is -0.629. The van der Waals surface area contributed by atoms with Gasteiger partial charge in [0.1, 0.15) is 5.66 Å². The summed E-state index contributed by atoms with van der Waals surface area (Å²) in [5.41, 5.74) is 4.69. The van der Waals surface area contributed by atoms with E-state index in [1.807, 2.05) is 12.1 Å². The summed E-state index contributed by atoms with van der Waals surface area (Å²) in [7, 11) is 0. The molecule has 0 aromatic heterocycles. The van der Waals surface area contributed by atoms with Gasteiger partial charge in [-0.2, -0.15) is 0 Å². The van der Waals surface area contributed by atoms with Gasteiger partial charge in [0.15, 0.2) is 5.78 Å². The molecule has 1 heterocycles. The number of para-hydroxylation sites is 1. The van der Waals surface area contributed by atoms with Gasteiger partial charge < -0.3 is 4.90 Å². The quantitative estimate of drug-likeness (QED) is 0.464. The van der Waals surface area contributed by atoms with Gasteiger partial charge in [0, 0.05) is 34.4 Å². The highest BCUT2D eigenvalue weighted by atomic mass is 79.9. The molecule has 4 heteroatoms. The molecule has 5 rings (SSSR count). The SMILES string of the molecule is CC1(C)CC(=O)C2=C(C1)N(c1ccccc1)C(c1ccccc1)(c1ccc(Br)cc1)NC2. The van der Waals surface area contributed by atoms with E-state index in [1.54, 1.807) is 0 Å². The molecule has 0 spiro atoms. The number of nitrogens with zero attached hydrogens (tertiary/aromatic N) is 1. The number of hydrogen-bond acceptors (Lipinski definition) is 3. The van der Waals surface area contributed by atoms with Crippen LogP contribution in [0, 0.1) is 5.41 Å². The van der Waals surface area contributed by atoms with Gasteiger partial charge in [0.2, 0.25) is 0 Å². The van der Waals surface area contributed by atoms with Gasteiger partial charge >= 0.3 is 0 Å². The number of hydrogen-bond donors (Lipinski definition) is 1. The van der Waals surface area contributed by atoms with Gasteiger partial charge in [-0.05, 0) is 47.2 Å². The molecule has 1 aliphatic carbocycles. The zero-order valence-electron chi connectivity index (χ0n) is 18.4. The van der Waals surface area contributed by atoms with Crippen molar-refractivity contribution in [1.29, 1.82) is 0 Å². The van der Waals surface area contributed by atoms with E-state index in [2.05, 4.69) is 113 Å². The van der Waals surface area contributed by atoms with E-state index in [0.29, 0.717) is 13.0 Å². The first-order valence-electron chi connectivity index (χ1n) is 11.1. The molecular formula is C28H27BrN2O. The molecule has 1 aliphatic heterocycles. The van der Waals surface area contributed by atoms with Crippen LogP contribution < -0.4 is 10.2 Å². The van der Waals surface area contributed by atoms with Crippen LogP contribution in [0.15, 0.2) is 101 Å². The second-order valence-electron chi connectivity index (χ2n) is 9.47. The molecule has 0 fully saturated rings. The number of nitrogens with one attached hydrogen (secondary N) is 1. The molecule has 0 amide bonds. The van der Waals surface area contributed by atoms with Crippen LogP contribution in [0.1, 0.15) is 37.8 Å². The molecule has 3 nitrogen and oxygen atoms in total. The molecule has 2 aliphatic rings. The van der Waals surface area contributed by atoms with Gasteiger partial charge in [-0.3, -0.25) is 10.1 Å². The lowest BCUT2D eigenvalue weighted by Gasteiger charge is -2.53. The smallest absolute Gasteiger partial charge is 0.162 e. The number of anilines is 1.